The number of nitrogens with zero attached hydrogens (tertiary/aromatic N) is 1. The van der Waals surface area contributed by atoms with Crippen LogP contribution in [-0.2, 0) is 11.2 Å². The Morgan fingerprint density at radius 2 is 2.00 bits per heavy atom. The normalized spacial score (nSPS) is 18.5. The van der Waals surface area contributed by atoms with E-state index in [9.17, 15) is 4.79 Å². The average molecular weight is 307 g/mol. The molecule has 0 aromatic heterocycles. The maximum atomic E-state index is 12.6. The Morgan fingerprint density at radius 3 is 2.91 bits per heavy atom. The highest BCUT2D eigenvalue weighted by atomic mass is 16.7. The van der Waals surface area contributed by atoms with E-state index >= 15 is 0 Å². The van der Waals surface area contributed by atoms with Gasteiger partial charge in [-0.1, -0.05) is 24.3 Å². The molecule has 2 aliphatic heterocycles. The van der Waals surface area contributed by atoms with E-state index in [0.29, 0.717) is 0 Å². The molecule has 4 nitrogen and oxygen atoms in total. The number of hydrogen-bond donors (Lipinski definition) is 0. The molecule has 23 heavy (non-hydrogen) atoms. The van der Waals surface area contributed by atoms with E-state index < -0.39 is 0 Å². The highest BCUT2D eigenvalue weighted by Crippen LogP contribution is 2.34. The molecule has 0 bridgehead atoms. The second-order valence-corrected chi connectivity index (χ2v) is 5.84. The zero-order chi connectivity index (χ0) is 15.8. The van der Waals surface area contributed by atoms with Gasteiger partial charge in [0.25, 0.3) is 5.91 Å². The molecule has 0 aliphatic carbocycles. The molecule has 4 rings (SSSR count). The minimum absolute atomic E-state index is 0.000108. The van der Waals surface area contributed by atoms with E-state index in [1.54, 1.807) is 6.08 Å². The van der Waals surface area contributed by atoms with E-state index in [4.69, 9.17) is 9.47 Å². The fraction of sp³-hybridized carbons (Fsp3) is 0.211. The largest absolute Gasteiger partial charge is 0.454 e. The lowest BCUT2D eigenvalue weighted by atomic mass is 10.1. The highest BCUT2D eigenvalue weighted by Gasteiger charge is 2.29. The first-order valence-electron chi connectivity index (χ1n) is 7.71. The van der Waals surface area contributed by atoms with Crippen molar-refractivity contribution >= 4 is 17.7 Å². The van der Waals surface area contributed by atoms with Gasteiger partial charge in [-0.25, -0.2) is 0 Å². The van der Waals surface area contributed by atoms with Gasteiger partial charge < -0.3 is 14.4 Å². The van der Waals surface area contributed by atoms with Gasteiger partial charge >= 0.3 is 0 Å². The number of rotatable bonds is 2. The van der Waals surface area contributed by atoms with Crippen LogP contribution < -0.4 is 14.4 Å². The molecule has 116 valence electrons. The zero-order valence-corrected chi connectivity index (χ0v) is 12.9. The van der Waals surface area contributed by atoms with Gasteiger partial charge in [0.15, 0.2) is 11.5 Å². The van der Waals surface area contributed by atoms with Crippen LogP contribution in [0.5, 0.6) is 11.5 Å². The molecule has 2 aliphatic rings. The molecule has 2 heterocycles. The van der Waals surface area contributed by atoms with Crippen LogP contribution in [0.3, 0.4) is 0 Å². The molecule has 0 fully saturated rings. The van der Waals surface area contributed by atoms with Crippen LogP contribution in [0.25, 0.3) is 6.08 Å². The van der Waals surface area contributed by atoms with E-state index in [1.807, 2.05) is 47.4 Å². The van der Waals surface area contributed by atoms with Crippen LogP contribution in [0.1, 0.15) is 18.1 Å². The lowest BCUT2D eigenvalue weighted by Crippen LogP contribution is -2.34. The summed E-state index contributed by atoms with van der Waals surface area (Å²) in [5.41, 5.74) is 3.16. The summed E-state index contributed by atoms with van der Waals surface area (Å²) in [4.78, 5) is 14.5. The van der Waals surface area contributed by atoms with Crippen LogP contribution in [0, 0.1) is 0 Å². The average Bonchev–Trinajstić information content (AvgIpc) is 3.15. The Balaban J connectivity index is 1.56. The van der Waals surface area contributed by atoms with Crippen LogP contribution >= 0.6 is 0 Å². The third-order valence-corrected chi connectivity index (χ3v) is 4.26. The lowest BCUT2D eigenvalue weighted by Gasteiger charge is -2.20. The molecule has 0 N–H and O–H groups in total. The topological polar surface area (TPSA) is 38.8 Å². The molecule has 0 saturated carbocycles. The summed E-state index contributed by atoms with van der Waals surface area (Å²) in [6.45, 7) is 2.33. The number of carbonyl (C=O) groups excluding carboxylic acids is 1. The number of fused-ring (bicyclic) bond motifs is 2. The monoisotopic (exact) mass is 307 g/mol. The van der Waals surface area contributed by atoms with Crippen LogP contribution in [-0.4, -0.2) is 18.7 Å². The molecule has 2 aromatic carbocycles. The third kappa shape index (κ3) is 2.46. The summed E-state index contributed by atoms with van der Waals surface area (Å²) in [5, 5.41) is 0. The summed E-state index contributed by atoms with van der Waals surface area (Å²) in [6, 6.07) is 13.9. The summed E-state index contributed by atoms with van der Waals surface area (Å²) in [6.07, 6.45) is 4.34. The van der Waals surface area contributed by atoms with Crippen molar-refractivity contribution in [3.63, 3.8) is 0 Å². The first-order chi connectivity index (χ1) is 11.2. The van der Waals surface area contributed by atoms with Crippen LogP contribution in [0.4, 0.5) is 5.69 Å². The van der Waals surface area contributed by atoms with Gasteiger partial charge in [-0.15, -0.1) is 0 Å². The predicted octanol–water partition coefficient (Wildman–Crippen LogP) is 3.41. The van der Waals surface area contributed by atoms with Gasteiger partial charge in [0.05, 0.1) is 0 Å². The minimum Gasteiger partial charge on any atom is -0.454 e. The second kappa shape index (κ2) is 5.47. The van der Waals surface area contributed by atoms with Gasteiger partial charge in [0.1, 0.15) is 0 Å². The maximum absolute atomic E-state index is 12.6. The lowest BCUT2D eigenvalue weighted by molar-refractivity contribution is -0.114. The zero-order valence-electron chi connectivity index (χ0n) is 12.9. The Hall–Kier alpha value is -2.75. The molecule has 1 atom stereocenters. The smallest absolute Gasteiger partial charge is 0.251 e. The van der Waals surface area contributed by atoms with E-state index in [1.165, 1.54) is 5.56 Å². The van der Waals surface area contributed by atoms with Crippen molar-refractivity contribution in [3.05, 3.63) is 59.7 Å². The number of benzene rings is 2. The first-order valence-corrected chi connectivity index (χ1v) is 7.71. The van der Waals surface area contributed by atoms with Crippen molar-refractivity contribution in [2.24, 2.45) is 0 Å². The summed E-state index contributed by atoms with van der Waals surface area (Å²) < 4.78 is 10.6. The minimum atomic E-state index is 0.000108. The fourth-order valence-corrected chi connectivity index (χ4v) is 3.17. The molecular weight excluding hydrogens is 290 g/mol. The summed E-state index contributed by atoms with van der Waals surface area (Å²) in [5.74, 6) is 1.47. The van der Waals surface area contributed by atoms with E-state index in [2.05, 4.69) is 13.0 Å². The number of carbonyl (C=O) groups is 1. The first kappa shape index (κ1) is 13.9. The maximum Gasteiger partial charge on any atom is 0.251 e. The molecule has 4 heteroatoms. The molecule has 0 spiro atoms. The quantitative estimate of drug-likeness (QED) is 0.798. The number of amides is 1. The standard InChI is InChI=1S/C19H17NO3/c1-13-10-15-4-2-3-5-16(15)20(13)19(21)9-7-14-6-8-17-18(11-14)23-12-22-17/h2-9,11,13H,10,12H2,1H3/b9-7+. The van der Waals surface area contributed by atoms with Gasteiger partial charge in [-0.05, 0) is 48.7 Å². The summed E-state index contributed by atoms with van der Waals surface area (Å²) in [7, 11) is 0. The van der Waals surface area contributed by atoms with E-state index in [0.717, 1.165) is 29.2 Å². The number of ether oxygens (including phenoxy) is 2. The van der Waals surface area contributed by atoms with Gasteiger partial charge in [-0.3, -0.25) is 4.79 Å². The van der Waals surface area contributed by atoms with Gasteiger partial charge in [0, 0.05) is 17.8 Å². The Kier molecular flexibility index (Phi) is 3.30. The third-order valence-electron chi connectivity index (χ3n) is 4.26. The molecule has 2 aromatic rings. The van der Waals surface area contributed by atoms with E-state index in [-0.39, 0.29) is 18.7 Å². The van der Waals surface area contributed by atoms with Crippen LogP contribution in [0.15, 0.2) is 48.5 Å². The predicted molar refractivity (Wildman–Crippen MR) is 88.7 cm³/mol. The Bertz CT molecular complexity index is 797. The number of hydrogen-bond acceptors (Lipinski definition) is 3. The Labute approximate surface area is 134 Å². The number of anilines is 1. The van der Waals surface area contributed by atoms with Crippen molar-refractivity contribution in [2.75, 3.05) is 11.7 Å². The summed E-state index contributed by atoms with van der Waals surface area (Å²) >= 11 is 0. The molecular formula is C19H17NO3. The van der Waals surface area contributed by atoms with Crippen molar-refractivity contribution in [1.82, 2.24) is 0 Å². The molecule has 0 saturated heterocycles. The molecule has 0 radical (unpaired) electrons. The van der Waals surface area contributed by atoms with Gasteiger partial charge in [0.2, 0.25) is 6.79 Å². The molecule has 1 unspecified atom stereocenters. The van der Waals surface area contributed by atoms with Crippen molar-refractivity contribution in [2.45, 2.75) is 19.4 Å². The van der Waals surface area contributed by atoms with Crippen molar-refractivity contribution in [3.8, 4) is 11.5 Å². The SMILES string of the molecule is CC1Cc2ccccc2N1C(=O)/C=C/c1ccc2c(c1)OCO2. The second-order valence-electron chi connectivity index (χ2n) is 5.84. The number of para-hydroxylation sites is 1. The van der Waals surface area contributed by atoms with Crippen LogP contribution in [0.2, 0.25) is 0 Å². The molecule has 1 amide bonds. The highest BCUT2D eigenvalue weighted by molar-refractivity contribution is 6.05. The van der Waals surface area contributed by atoms with Crippen molar-refractivity contribution in [1.29, 1.82) is 0 Å². The Morgan fingerprint density at radius 1 is 1.17 bits per heavy atom. The van der Waals surface area contributed by atoms with Gasteiger partial charge in [-0.2, -0.15) is 0 Å². The van der Waals surface area contributed by atoms with Crippen molar-refractivity contribution < 1.29 is 14.3 Å². The fourth-order valence-electron chi connectivity index (χ4n) is 3.17.